The zero-order valence-electron chi connectivity index (χ0n) is 6.97. The van der Waals surface area contributed by atoms with Crippen LogP contribution in [0.15, 0.2) is 16.6 Å². The number of aromatic carboxylic acids is 1. The third-order valence-electron chi connectivity index (χ3n) is 1.75. The standard InChI is InChI=1S/C9H8BrClO2/c1-2-5-3-7(10)6(9(12)13)4-8(5)11/h3-4H,2H2,1H3,(H,12,13). The first-order valence-electron chi connectivity index (χ1n) is 3.77. The molecule has 0 saturated carbocycles. The Bertz CT molecular complexity index is 350. The number of halogens is 2. The number of carboxylic acid groups (broad SMARTS) is 1. The van der Waals surface area contributed by atoms with Crippen molar-refractivity contribution >= 4 is 33.5 Å². The molecular formula is C9H8BrClO2. The Hall–Kier alpha value is -0.540. The van der Waals surface area contributed by atoms with Crippen LogP contribution in [0.4, 0.5) is 0 Å². The van der Waals surface area contributed by atoms with Crippen molar-refractivity contribution in [1.82, 2.24) is 0 Å². The van der Waals surface area contributed by atoms with Gasteiger partial charge in [0.2, 0.25) is 0 Å². The van der Waals surface area contributed by atoms with Gasteiger partial charge in [-0.15, -0.1) is 0 Å². The molecule has 1 aromatic rings. The van der Waals surface area contributed by atoms with E-state index in [4.69, 9.17) is 16.7 Å². The molecule has 0 atom stereocenters. The molecule has 0 radical (unpaired) electrons. The van der Waals surface area contributed by atoms with Gasteiger partial charge in [-0.25, -0.2) is 4.79 Å². The van der Waals surface area contributed by atoms with Crippen LogP contribution in [0.2, 0.25) is 5.02 Å². The second kappa shape index (κ2) is 4.11. The first-order chi connectivity index (χ1) is 6.06. The van der Waals surface area contributed by atoms with Crippen molar-refractivity contribution < 1.29 is 9.90 Å². The van der Waals surface area contributed by atoms with Gasteiger partial charge >= 0.3 is 5.97 Å². The second-order valence-electron chi connectivity index (χ2n) is 2.58. The van der Waals surface area contributed by atoms with Crippen LogP contribution < -0.4 is 0 Å². The molecule has 13 heavy (non-hydrogen) atoms. The van der Waals surface area contributed by atoms with E-state index in [1.165, 1.54) is 6.07 Å². The zero-order chi connectivity index (χ0) is 10.0. The van der Waals surface area contributed by atoms with Crippen molar-refractivity contribution in [2.75, 3.05) is 0 Å². The molecular weight excluding hydrogens is 255 g/mol. The first kappa shape index (κ1) is 10.5. The van der Waals surface area contributed by atoms with Gasteiger partial charge in [0, 0.05) is 9.50 Å². The molecule has 1 rings (SSSR count). The maximum absolute atomic E-state index is 10.7. The summed E-state index contributed by atoms with van der Waals surface area (Å²) < 4.78 is 0.571. The minimum atomic E-state index is -0.976. The Labute approximate surface area is 89.7 Å². The van der Waals surface area contributed by atoms with Crippen molar-refractivity contribution in [3.05, 3.63) is 32.8 Å². The minimum Gasteiger partial charge on any atom is -0.478 e. The van der Waals surface area contributed by atoms with Gasteiger partial charge < -0.3 is 5.11 Å². The number of hydrogen-bond donors (Lipinski definition) is 1. The molecule has 0 spiro atoms. The van der Waals surface area contributed by atoms with Crippen LogP contribution in [0.1, 0.15) is 22.8 Å². The highest BCUT2D eigenvalue weighted by molar-refractivity contribution is 9.10. The van der Waals surface area contributed by atoms with Crippen molar-refractivity contribution in [1.29, 1.82) is 0 Å². The number of benzene rings is 1. The summed E-state index contributed by atoms with van der Waals surface area (Å²) >= 11 is 9.04. The quantitative estimate of drug-likeness (QED) is 0.888. The van der Waals surface area contributed by atoms with Gasteiger partial charge in [-0.2, -0.15) is 0 Å². The third-order valence-corrected chi connectivity index (χ3v) is 2.76. The first-order valence-corrected chi connectivity index (χ1v) is 4.94. The largest absolute Gasteiger partial charge is 0.478 e. The summed E-state index contributed by atoms with van der Waals surface area (Å²) in [5.74, 6) is -0.976. The Morgan fingerprint density at radius 3 is 2.69 bits per heavy atom. The molecule has 1 N–H and O–H groups in total. The predicted molar refractivity (Wildman–Crippen MR) is 55.5 cm³/mol. The molecule has 0 fully saturated rings. The van der Waals surface area contributed by atoms with Crippen LogP contribution in [-0.2, 0) is 6.42 Å². The molecule has 1 aromatic carbocycles. The maximum Gasteiger partial charge on any atom is 0.336 e. The lowest BCUT2D eigenvalue weighted by molar-refractivity contribution is 0.0696. The minimum absolute atomic E-state index is 0.196. The molecule has 0 aliphatic carbocycles. The lowest BCUT2D eigenvalue weighted by Gasteiger charge is -2.04. The van der Waals surface area contributed by atoms with Gasteiger partial charge in [0.15, 0.2) is 0 Å². The van der Waals surface area contributed by atoms with E-state index in [0.717, 1.165) is 12.0 Å². The van der Waals surface area contributed by atoms with Crippen LogP contribution in [0.25, 0.3) is 0 Å². The fourth-order valence-corrected chi connectivity index (χ4v) is 1.88. The third kappa shape index (κ3) is 2.23. The predicted octanol–water partition coefficient (Wildman–Crippen LogP) is 3.36. The molecule has 0 aromatic heterocycles. The number of carbonyl (C=O) groups is 1. The number of carboxylic acids is 1. The topological polar surface area (TPSA) is 37.3 Å². The molecule has 2 nitrogen and oxygen atoms in total. The van der Waals surface area contributed by atoms with Gasteiger partial charge in [-0.1, -0.05) is 18.5 Å². The summed E-state index contributed by atoms with van der Waals surface area (Å²) in [6.45, 7) is 1.97. The lowest BCUT2D eigenvalue weighted by atomic mass is 10.1. The molecule has 70 valence electrons. The van der Waals surface area contributed by atoms with Gasteiger partial charge in [0.1, 0.15) is 0 Å². The molecule has 4 heteroatoms. The summed E-state index contributed by atoms with van der Waals surface area (Å²) in [6.07, 6.45) is 0.789. The summed E-state index contributed by atoms with van der Waals surface area (Å²) in [5.41, 5.74) is 1.14. The van der Waals surface area contributed by atoms with Crippen molar-refractivity contribution in [3.8, 4) is 0 Å². The summed E-state index contributed by atoms with van der Waals surface area (Å²) in [6, 6.07) is 3.21. The molecule has 0 saturated heterocycles. The van der Waals surface area contributed by atoms with Crippen LogP contribution in [0, 0.1) is 0 Å². The highest BCUT2D eigenvalue weighted by Crippen LogP contribution is 2.25. The van der Waals surface area contributed by atoms with Crippen LogP contribution in [0.5, 0.6) is 0 Å². The molecule has 0 bridgehead atoms. The monoisotopic (exact) mass is 262 g/mol. The summed E-state index contributed by atoms with van der Waals surface area (Å²) in [4.78, 5) is 10.7. The number of aryl methyl sites for hydroxylation is 1. The highest BCUT2D eigenvalue weighted by atomic mass is 79.9. The molecule has 0 heterocycles. The zero-order valence-corrected chi connectivity index (χ0v) is 9.32. The smallest absolute Gasteiger partial charge is 0.336 e. The summed E-state index contributed by atoms with van der Waals surface area (Å²) in [7, 11) is 0. The number of hydrogen-bond acceptors (Lipinski definition) is 1. The van der Waals surface area contributed by atoms with Gasteiger partial charge in [-0.3, -0.25) is 0 Å². The van der Waals surface area contributed by atoms with E-state index >= 15 is 0 Å². The van der Waals surface area contributed by atoms with Crippen LogP contribution in [0.3, 0.4) is 0 Å². The Kier molecular flexibility index (Phi) is 3.33. The maximum atomic E-state index is 10.7. The fraction of sp³-hybridized carbons (Fsp3) is 0.222. The fourth-order valence-electron chi connectivity index (χ4n) is 1.02. The van der Waals surface area contributed by atoms with E-state index in [1.807, 2.05) is 6.92 Å². The summed E-state index contributed by atoms with van der Waals surface area (Å²) in [5, 5.41) is 9.27. The van der Waals surface area contributed by atoms with E-state index in [9.17, 15) is 4.79 Å². The molecule has 0 aliphatic rings. The average Bonchev–Trinajstić information content (AvgIpc) is 2.07. The van der Waals surface area contributed by atoms with Gasteiger partial charge in [0.25, 0.3) is 0 Å². The Morgan fingerprint density at radius 1 is 1.62 bits per heavy atom. The van der Waals surface area contributed by atoms with E-state index in [2.05, 4.69) is 15.9 Å². The second-order valence-corrected chi connectivity index (χ2v) is 3.84. The van der Waals surface area contributed by atoms with Crippen molar-refractivity contribution in [2.24, 2.45) is 0 Å². The molecule has 0 amide bonds. The van der Waals surface area contributed by atoms with Gasteiger partial charge in [-0.05, 0) is 40.0 Å². The average molecular weight is 264 g/mol. The molecule has 0 unspecified atom stereocenters. The van der Waals surface area contributed by atoms with E-state index in [-0.39, 0.29) is 5.56 Å². The number of rotatable bonds is 2. The van der Waals surface area contributed by atoms with Gasteiger partial charge in [0.05, 0.1) is 5.56 Å². The van der Waals surface area contributed by atoms with Crippen molar-refractivity contribution in [2.45, 2.75) is 13.3 Å². The molecule has 0 aliphatic heterocycles. The Balaban J connectivity index is 3.28. The Morgan fingerprint density at radius 2 is 2.23 bits per heavy atom. The van der Waals surface area contributed by atoms with E-state index in [0.29, 0.717) is 9.50 Å². The highest BCUT2D eigenvalue weighted by Gasteiger charge is 2.11. The normalized spacial score (nSPS) is 10.1. The van der Waals surface area contributed by atoms with Crippen molar-refractivity contribution in [3.63, 3.8) is 0 Å². The SMILES string of the molecule is CCc1cc(Br)c(C(=O)O)cc1Cl. The van der Waals surface area contributed by atoms with Crippen LogP contribution >= 0.6 is 27.5 Å². The van der Waals surface area contributed by atoms with E-state index < -0.39 is 5.97 Å². The van der Waals surface area contributed by atoms with E-state index in [1.54, 1.807) is 6.07 Å². The van der Waals surface area contributed by atoms with Crippen LogP contribution in [-0.4, -0.2) is 11.1 Å². The lowest BCUT2D eigenvalue weighted by Crippen LogP contribution is -1.98.